The first-order valence-electron chi connectivity index (χ1n) is 7.12. The number of carbonyl (C=O) groups is 1. The van der Waals surface area contributed by atoms with Gasteiger partial charge in [-0.05, 0) is 30.4 Å². The number of nitrogens with one attached hydrogen (secondary N) is 1. The first-order chi connectivity index (χ1) is 11.6. The summed E-state index contributed by atoms with van der Waals surface area (Å²) >= 11 is 0. The number of carbonyl (C=O) groups excluding carboxylic acids is 1. The summed E-state index contributed by atoms with van der Waals surface area (Å²) in [6.07, 6.45) is -0.358. The van der Waals surface area contributed by atoms with E-state index in [4.69, 9.17) is 0 Å². The summed E-state index contributed by atoms with van der Waals surface area (Å²) in [4.78, 5) is 13.7. The number of fused-ring (bicyclic) bond motifs is 1. The Balaban J connectivity index is 1.78. The topological polar surface area (TPSA) is 78.8 Å². The van der Waals surface area contributed by atoms with E-state index >= 15 is 0 Å². The Bertz CT molecular complexity index is 917. The van der Waals surface area contributed by atoms with Gasteiger partial charge in [0.2, 0.25) is 0 Å². The van der Waals surface area contributed by atoms with Gasteiger partial charge < -0.3 is 10.2 Å². The van der Waals surface area contributed by atoms with Gasteiger partial charge in [0.25, 0.3) is 15.9 Å². The number of amidine groups is 1. The molecule has 25 heavy (non-hydrogen) atoms. The van der Waals surface area contributed by atoms with Gasteiger partial charge in [0.05, 0.1) is 16.9 Å². The van der Waals surface area contributed by atoms with Gasteiger partial charge >= 0.3 is 6.18 Å². The van der Waals surface area contributed by atoms with E-state index in [2.05, 4.69) is 9.71 Å². The van der Waals surface area contributed by atoms with Crippen molar-refractivity contribution in [1.82, 2.24) is 4.90 Å². The number of hydrogen-bond acceptors (Lipinski definition) is 4. The Morgan fingerprint density at radius 2 is 2.00 bits per heavy atom. The molecule has 132 valence electrons. The van der Waals surface area contributed by atoms with Gasteiger partial charge in [0.1, 0.15) is 5.84 Å². The van der Waals surface area contributed by atoms with Gasteiger partial charge in [0.15, 0.2) is 0 Å². The fourth-order valence-corrected chi connectivity index (χ4v) is 3.28. The highest BCUT2D eigenvalue weighted by Crippen LogP contribution is 2.30. The largest absolute Gasteiger partial charge is 0.416 e. The zero-order valence-corrected chi connectivity index (χ0v) is 13.4. The molecule has 0 saturated carbocycles. The molecule has 0 spiro atoms. The number of sulfonamides is 1. The van der Waals surface area contributed by atoms with Crippen LogP contribution in [0.1, 0.15) is 5.56 Å². The van der Waals surface area contributed by atoms with E-state index in [1.807, 2.05) is 0 Å². The summed E-state index contributed by atoms with van der Waals surface area (Å²) in [5.74, 6) is -0.589. The molecule has 0 bridgehead atoms. The second kappa shape index (κ2) is 6.03. The van der Waals surface area contributed by atoms with Gasteiger partial charge in [0, 0.05) is 18.4 Å². The molecule has 0 unspecified atom stereocenters. The van der Waals surface area contributed by atoms with Crippen molar-refractivity contribution in [3.05, 3.63) is 53.8 Å². The predicted octanol–water partition coefficient (Wildman–Crippen LogP) is 2.14. The van der Waals surface area contributed by atoms with Crippen molar-refractivity contribution in [2.45, 2.75) is 6.18 Å². The third kappa shape index (κ3) is 3.90. The molecule has 2 aliphatic heterocycles. The van der Waals surface area contributed by atoms with Crippen LogP contribution in [0.3, 0.4) is 0 Å². The second-order valence-corrected chi connectivity index (χ2v) is 7.13. The molecule has 0 atom stereocenters. The van der Waals surface area contributed by atoms with Crippen LogP contribution in [0.5, 0.6) is 0 Å². The van der Waals surface area contributed by atoms with Crippen molar-refractivity contribution < 1.29 is 26.4 Å². The Morgan fingerprint density at radius 3 is 2.72 bits per heavy atom. The summed E-state index contributed by atoms with van der Waals surface area (Å²) in [5.41, 5.74) is -0.681. The van der Waals surface area contributed by atoms with E-state index in [-0.39, 0.29) is 29.4 Å². The van der Waals surface area contributed by atoms with Crippen molar-refractivity contribution in [3.8, 4) is 0 Å². The zero-order chi connectivity index (χ0) is 18.2. The summed E-state index contributed by atoms with van der Waals surface area (Å²) in [6, 6.07) is 4.29. The minimum Gasteiger partial charge on any atom is -0.330 e. The lowest BCUT2D eigenvalue weighted by Crippen LogP contribution is -2.37. The molecule has 10 heteroatoms. The highest BCUT2D eigenvalue weighted by molar-refractivity contribution is 7.90. The average molecular weight is 371 g/mol. The van der Waals surface area contributed by atoms with Gasteiger partial charge in [-0.25, -0.2) is 8.42 Å². The fourth-order valence-electron chi connectivity index (χ4n) is 2.31. The summed E-state index contributed by atoms with van der Waals surface area (Å²) < 4.78 is 64.6. The smallest absolute Gasteiger partial charge is 0.330 e. The minimum atomic E-state index is -4.50. The Hall–Kier alpha value is -2.62. The van der Waals surface area contributed by atoms with Crippen molar-refractivity contribution in [2.24, 2.45) is 4.40 Å². The van der Waals surface area contributed by atoms with Crippen LogP contribution in [0.2, 0.25) is 0 Å². The Labute approximate surface area is 141 Å². The lowest BCUT2D eigenvalue weighted by Gasteiger charge is -2.26. The minimum absolute atomic E-state index is 0.00908. The molecule has 1 aromatic carbocycles. The maximum absolute atomic E-state index is 12.7. The number of amides is 1. The molecule has 6 nitrogen and oxygen atoms in total. The van der Waals surface area contributed by atoms with Crippen molar-refractivity contribution in [2.75, 3.05) is 17.6 Å². The van der Waals surface area contributed by atoms with E-state index in [0.717, 1.165) is 12.1 Å². The molecule has 3 rings (SSSR count). The van der Waals surface area contributed by atoms with Crippen LogP contribution < -0.4 is 5.32 Å². The van der Waals surface area contributed by atoms with Crippen LogP contribution >= 0.6 is 0 Å². The number of rotatable bonds is 2. The number of halogens is 3. The second-order valence-electron chi connectivity index (χ2n) is 5.38. The van der Waals surface area contributed by atoms with Crippen molar-refractivity contribution in [3.63, 3.8) is 0 Å². The standard InChI is InChI=1S/C15H12F3N3O3S/c16-15(17,18)11-2-1-3-12(8-11)19-14(22)10-4-5-13-20-25(23,24)7-6-21(13)9-10/h1-5,8-9H,6-7H2,(H,19,22). The first-order valence-corrected chi connectivity index (χ1v) is 8.73. The molecular formula is C15H12F3N3O3S. The third-order valence-corrected chi connectivity index (χ3v) is 4.70. The SMILES string of the molecule is O=C(Nc1cccc(C(F)(F)F)c1)C1=CN2CCS(=O)(=O)N=C2C=C1. The van der Waals surface area contributed by atoms with Crippen LogP contribution in [0.25, 0.3) is 0 Å². The fraction of sp³-hybridized carbons (Fsp3) is 0.200. The Morgan fingerprint density at radius 1 is 1.24 bits per heavy atom. The van der Waals surface area contributed by atoms with Gasteiger partial charge in [-0.3, -0.25) is 4.79 Å². The Kier molecular flexibility index (Phi) is 4.15. The van der Waals surface area contributed by atoms with E-state index in [9.17, 15) is 26.4 Å². The zero-order valence-electron chi connectivity index (χ0n) is 12.6. The quantitative estimate of drug-likeness (QED) is 0.864. The van der Waals surface area contributed by atoms with Crippen LogP contribution in [-0.4, -0.2) is 37.4 Å². The van der Waals surface area contributed by atoms with Crippen LogP contribution in [-0.2, 0) is 21.0 Å². The summed E-state index contributed by atoms with van der Waals surface area (Å²) in [6.45, 7) is 0.145. The predicted molar refractivity (Wildman–Crippen MR) is 85.2 cm³/mol. The van der Waals surface area contributed by atoms with Crippen LogP contribution in [0.4, 0.5) is 18.9 Å². The normalized spacial score (nSPS) is 18.9. The molecule has 2 heterocycles. The maximum atomic E-state index is 12.7. The number of anilines is 1. The van der Waals surface area contributed by atoms with Crippen LogP contribution in [0.15, 0.2) is 52.6 Å². The third-order valence-electron chi connectivity index (χ3n) is 3.53. The first kappa shape index (κ1) is 17.2. The molecule has 0 fully saturated rings. The van der Waals surface area contributed by atoms with E-state index in [1.54, 1.807) is 0 Å². The molecule has 0 radical (unpaired) electrons. The monoisotopic (exact) mass is 371 g/mol. The highest BCUT2D eigenvalue weighted by Gasteiger charge is 2.30. The van der Waals surface area contributed by atoms with E-state index < -0.39 is 27.7 Å². The molecule has 0 aromatic heterocycles. The van der Waals surface area contributed by atoms with Crippen molar-refractivity contribution >= 4 is 27.5 Å². The average Bonchev–Trinajstić information content (AvgIpc) is 2.53. The number of nitrogens with zero attached hydrogens (tertiary/aromatic N) is 2. The molecular weight excluding hydrogens is 359 g/mol. The van der Waals surface area contributed by atoms with Gasteiger partial charge in [-0.15, -0.1) is 4.40 Å². The van der Waals surface area contributed by atoms with E-state index in [1.165, 1.54) is 35.4 Å². The van der Waals surface area contributed by atoms with Gasteiger partial charge in [-0.2, -0.15) is 13.2 Å². The lowest BCUT2D eigenvalue weighted by atomic mass is 10.1. The van der Waals surface area contributed by atoms with Gasteiger partial charge in [-0.1, -0.05) is 6.07 Å². The molecule has 1 N–H and O–H groups in total. The molecule has 1 aromatic rings. The van der Waals surface area contributed by atoms with Crippen LogP contribution in [0, 0.1) is 0 Å². The van der Waals surface area contributed by atoms with E-state index in [0.29, 0.717) is 0 Å². The highest BCUT2D eigenvalue weighted by atomic mass is 32.2. The summed E-state index contributed by atoms with van der Waals surface area (Å²) in [7, 11) is -3.50. The molecule has 0 saturated heterocycles. The molecule has 2 aliphatic rings. The molecule has 1 amide bonds. The lowest BCUT2D eigenvalue weighted by molar-refractivity contribution is -0.137. The summed E-state index contributed by atoms with van der Waals surface area (Å²) in [5, 5.41) is 2.39. The van der Waals surface area contributed by atoms with Crippen molar-refractivity contribution in [1.29, 1.82) is 0 Å². The number of hydrogen-bond donors (Lipinski definition) is 1. The number of alkyl halides is 3. The maximum Gasteiger partial charge on any atom is 0.416 e. The molecule has 0 aliphatic carbocycles. The number of benzene rings is 1.